The van der Waals surface area contributed by atoms with E-state index in [-0.39, 0.29) is 12.3 Å². The topological polar surface area (TPSA) is 68.0 Å². The maximum absolute atomic E-state index is 11.5. The van der Waals surface area contributed by atoms with Crippen molar-refractivity contribution in [3.05, 3.63) is 35.5 Å². The van der Waals surface area contributed by atoms with E-state index in [4.69, 9.17) is 17.3 Å². The van der Waals surface area contributed by atoms with Crippen molar-refractivity contribution in [1.29, 1.82) is 0 Å². The molecule has 1 aromatic heterocycles. The third kappa shape index (κ3) is 2.54. The quantitative estimate of drug-likeness (QED) is 0.876. The predicted octanol–water partition coefficient (Wildman–Crippen LogP) is 2.18. The number of carbonyl (C=O) groups excluding carboxylic acids is 1. The maximum Gasteiger partial charge on any atom is 0.225 e. The average Bonchev–Trinajstić information content (AvgIpc) is 2.34. The molecule has 0 radical (unpaired) electrons. The lowest BCUT2D eigenvalue weighted by Gasteiger charge is -2.08. The number of pyridine rings is 1. The van der Waals surface area contributed by atoms with Gasteiger partial charge in [0.2, 0.25) is 5.91 Å². The third-order valence-corrected chi connectivity index (χ3v) is 2.69. The minimum absolute atomic E-state index is 0.123. The van der Waals surface area contributed by atoms with Crippen LogP contribution >= 0.6 is 11.6 Å². The average molecular weight is 250 g/mol. The predicted molar refractivity (Wildman–Crippen MR) is 69.1 cm³/mol. The summed E-state index contributed by atoms with van der Waals surface area (Å²) in [5.74, 6) is -0.123. The maximum atomic E-state index is 11.5. The van der Waals surface area contributed by atoms with E-state index >= 15 is 0 Å². The van der Waals surface area contributed by atoms with Gasteiger partial charge in [0.25, 0.3) is 0 Å². The Morgan fingerprint density at radius 1 is 1.41 bits per heavy atom. The van der Waals surface area contributed by atoms with Crippen LogP contribution in [0.5, 0.6) is 0 Å². The van der Waals surface area contributed by atoms with Crippen LogP contribution in [0, 0.1) is 0 Å². The number of halogens is 1. The van der Waals surface area contributed by atoms with Crippen LogP contribution in [0.4, 0.5) is 5.69 Å². The minimum Gasteiger partial charge on any atom is -0.330 e. The summed E-state index contributed by atoms with van der Waals surface area (Å²) in [5, 5.41) is 4.21. The first-order valence-corrected chi connectivity index (χ1v) is 5.63. The molecule has 1 amide bonds. The first-order valence-electron chi connectivity index (χ1n) is 5.25. The molecule has 0 atom stereocenters. The summed E-state index contributed by atoms with van der Waals surface area (Å²) in [6, 6.07) is 7.15. The van der Waals surface area contributed by atoms with E-state index < -0.39 is 0 Å². The number of nitrogens with two attached hydrogens (primary N) is 1. The van der Waals surface area contributed by atoms with Gasteiger partial charge >= 0.3 is 0 Å². The number of nitrogens with zero attached hydrogens (tertiary/aromatic N) is 1. The van der Waals surface area contributed by atoms with Gasteiger partial charge in [-0.05, 0) is 24.3 Å². The molecule has 2 rings (SSSR count). The number of fused-ring (bicyclic) bond motifs is 1. The van der Waals surface area contributed by atoms with E-state index in [0.717, 1.165) is 5.39 Å². The van der Waals surface area contributed by atoms with Crippen LogP contribution < -0.4 is 11.1 Å². The van der Waals surface area contributed by atoms with E-state index in [1.165, 1.54) is 0 Å². The van der Waals surface area contributed by atoms with Gasteiger partial charge in [0, 0.05) is 24.5 Å². The van der Waals surface area contributed by atoms with Crippen molar-refractivity contribution in [3.8, 4) is 0 Å². The van der Waals surface area contributed by atoms with Crippen molar-refractivity contribution in [1.82, 2.24) is 4.98 Å². The highest BCUT2D eigenvalue weighted by molar-refractivity contribution is 6.35. The molecule has 3 N–H and O–H groups in total. The molecule has 0 spiro atoms. The molecule has 0 unspecified atom stereocenters. The summed E-state index contributed by atoms with van der Waals surface area (Å²) in [7, 11) is 0. The van der Waals surface area contributed by atoms with E-state index in [1.807, 2.05) is 6.07 Å². The summed E-state index contributed by atoms with van der Waals surface area (Å²) in [5.41, 5.74) is 6.66. The fourth-order valence-corrected chi connectivity index (χ4v) is 1.80. The Hall–Kier alpha value is -1.65. The lowest BCUT2D eigenvalue weighted by atomic mass is 10.2. The number of hydrogen-bond acceptors (Lipinski definition) is 3. The van der Waals surface area contributed by atoms with Gasteiger partial charge in [0.05, 0.1) is 16.2 Å². The molecular formula is C12H12ClN3O. The summed E-state index contributed by atoms with van der Waals surface area (Å²) in [6.07, 6.45) is 1.95. The zero-order valence-corrected chi connectivity index (χ0v) is 9.87. The Bertz CT molecular complexity index is 556. The summed E-state index contributed by atoms with van der Waals surface area (Å²) < 4.78 is 0. The molecule has 0 bridgehead atoms. The van der Waals surface area contributed by atoms with Crippen LogP contribution in [-0.2, 0) is 4.79 Å². The number of hydrogen-bond donors (Lipinski definition) is 2. The van der Waals surface area contributed by atoms with Crippen LogP contribution in [0.3, 0.4) is 0 Å². The van der Waals surface area contributed by atoms with Crippen LogP contribution in [-0.4, -0.2) is 17.4 Å². The standard InChI is InChI=1S/C12H12ClN3O/c13-9-3-4-10(16-11(17)5-6-14)12-8(9)2-1-7-15-12/h1-4,7H,5-6,14H2,(H,16,17). The largest absolute Gasteiger partial charge is 0.330 e. The van der Waals surface area contributed by atoms with Gasteiger partial charge in [-0.2, -0.15) is 0 Å². The van der Waals surface area contributed by atoms with Gasteiger partial charge in [-0.15, -0.1) is 0 Å². The smallest absolute Gasteiger partial charge is 0.225 e. The number of rotatable bonds is 3. The van der Waals surface area contributed by atoms with E-state index in [2.05, 4.69) is 10.3 Å². The Morgan fingerprint density at radius 2 is 2.24 bits per heavy atom. The fourth-order valence-electron chi connectivity index (χ4n) is 1.58. The number of nitrogens with one attached hydrogen (secondary N) is 1. The normalized spacial score (nSPS) is 10.5. The second kappa shape index (κ2) is 5.12. The van der Waals surface area contributed by atoms with Crippen molar-refractivity contribution in [2.45, 2.75) is 6.42 Å². The van der Waals surface area contributed by atoms with Crippen LogP contribution in [0.1, 0.15) is 6.42 Å². The highest BCUT2D eigenvalue weighted by Crippen LogP contribution is 2.27. The first-order chi connectivity index (χ1) is 8.22. The van der Waals surface area contributed by atoms with Crippen molar-refractivity contribution in [2.24, 2.45) is 5.73 Å². The van der Waals surface area contributed by atoms with Crippen molar-refractivity contribution < 1.29 is 4.79 Å². The molecule has 88 valence electrons. The Kier molecular flexibility index (Phi) is 3.56. The number of carbonyl (C=O) groups is 1. The molecule has 4 nitrogen and oxygen atoms in total. The molecule has 2 aromatic rings. The van der Waals surface area contributed by atoms with Gasteiger partial charge in [0.15, 0.2) is 0 Å². The van der Waals surface area contributed by atoms with Gasteiger partial charge in [0.1, 0.15) is 0 Å². The van der Waals surface area contributed by atoms with Crippen LogP contribution in [0.25, 0.3) is 10.9 Å². The van der Waals surface area contributed by atoms with Crippen molar-refractivity contribution in [2.75, 3.05) is 11.9 Å². The van der Waals surface area contributed by atoms with Gasteiger partial charge in [-0.3, -0.25) is 9.78 Å². The lowest BCUT2D eigenvalue weighted by molar-refractivity contribution is -0.116. The summed E-state index contributed by atoms with van der Waals surface area (Å²) in [6.45, 7) is 0.324. The second-order valence-corrected chi connectivity index (χ2v) is 3.99. The molecule has 17 heavy (non-hydrogen) atoms. The molecule has 5 heteroatoms. The second-order valence-electron chi connectivity index (χ2n) is 3.58. The fraction of sp³-hybridized carbons (Fsp3) is 0.167. The Balaban J connectivity index is 2.41. The molecule has 0 saturated heterocycles. The molecule has 0 fully saturated rings. The van der Waals surface area contributed by atoms with Crippen molar-refractivity contribution >= 4 is 34.1 Å². The molecule has 0 aliphatic heterocycles. The van der Waals surface area contributed by atoms with Gasteiger partial charge < -0.3 is 11.1 Å². The Morgan fingerprint density at radius 3 is 3.00 bits per heavy atom. The van der Waals surface area contributed by atoms with Crippen LogP contribution in [0.15, 0.2) is 30.5 Å². The molecule has 0 aliphatic carbocycles. The minimum atomic E-state index is -0.123. The zero-order chi connectivity index (χ0) is 12.3. The molecular weight excluding hydrogens is 238 g/mol. The third-order valence-electron chi connectivity index (χ3n) is 2.36. The summed E-state index contributed by atoms with van der Waals surface area (Å²) >= 11 is 6.05. The van der Waals surface area contributed by atoms with Crippen LogP contribution in [0.2, 0.25) is 5.02 Å². The van der Waals surface area contributed by atoms with E-state index in [9.17, 15) is 4.79 Å². The number of aromatic nitrogens is 1. The monoisotopic (exact) mass is 249 g/mol. The molecule has 0 saturated carbocycles. The molecule has 1 aromatic carbocycles. The number of amides is 1. The number of anilines is 1. The van der Waals surface area contributed by atoms with Gasteiger partial charge in [-0.25, -0.2) is 0 Å². The molecule has 0 aliphatic rings. The van der Waals surface area contributed by atoms with E-state index in [0.29, 0.717) is 22.8 Å². The van der Waals surface area contributed by atoms with E-state index in [1.54, 1.807) is 24.4 Å². The van der Waals surface area contributed by atoms with Crippen molar-refractivity contribution in [3.63, 3.8) is 0 Å². The first kappa shape index (κ1) is 11.8. The SMILES string of the molecule is NCCC(=O)Nc1ccc(Cl)c2cccnc12. The Labute approximate surface area is 104 Å². The molecule has 1 heterocycles. The highest BCUT2D eigenvalue weighted by Gasteiger charge is 2.08. The highest BCUT2D eigenvalue weighted by atomic mass is 35.5. The summed E-state index contributed by atoms with van der Waals surface area (Å²) in [4.78, 5) is 15.7. The zero-order valence-electron chi connectivity index (χ0n) is 9.11. The number of benzene rings is 1. The van der Waals surface area contributed by atoms with Gasteiger partial charge in [-0.1, -0.05) is 11.6 Å². The lowest BCUT2D eigenvalue weighted by Crippen LogP contribution is -2.16.